The average molecular weight is 222 g/mol. The Labute approximate surface area is 95.2 Å². The Kier molecular flexibility index (Phi) is 3.05. The Morgan fingerprint density at radius 1 is 1.50 bits per heavy atom. The van der Waals surface area contributed by atoms with Gasteiger partial charge in [-0.1, -0.05) is 19.1 Å². The number of aryl methyl sites for hydroxylation is 1. The molecule has 88 valence electrons. The van der Waals surface area contributed by atoms with Crippen molar-refractivity contribution in [1.82, 2.24) is 20.3 Å². The van der Waals surface area contributed by atoms with Gasteiger partial charge in [-0.2, -0.15) is 0 Å². The highest BCUT2D eigenvalue weighted by molar-refractivity contribution is 5.80. The predicted octanol–water partition coefficient (Wildman–Crippen LogP) is 0.833. The molecule has 0 aromatic carbocycles. The van der Waals surface area contributed by atoms with Crippen molar-refractivity contribution in [2.75, 3.05) is 0 Å². The van der Waals surface area contributed by atoms with Gasteiger partial charge in [0.25, 0.3) is 0 Å². The quantitative estimate of drug-likeness (QED) is 0.805. The molecule has 5 nitrogen and oxygen atoms in total. The summed E-state index contributed by atoms with van der Waals surface area (Å²) in [5.41, 5.74) is 0.862. The van der Waals surface area contributed by atoms with Crippen molar-refractivity contribution >= 4 is 5.78 Å². The maximum Gasteiger partial charge on any atom is 0.136 e. The number of Topliss-reactive ketones (excluding diaryl/α,β-unsaturated/α-hetero) is 1. The molecule has 2 atom stereocenters. The molecule has 1 N–H and O–H groups in total. The van der Waals surface area contributed by atoms with Crippen LogP contribution >= 0.6 is 0 Å². The molecule has 0 aliphatic carbocycles. The molecule has 1 fully saturated rings. The van der Waals surface area contributed by atoms with Gasteiger partial charge >= 0.3 is 0 Å². The van der Waals surface area contributed by atoms with Gasteiger partial charge in [-0.05, 0) is 5.92 Å². The molecule has 1 aromatic heterocycles. The number of carbonyl (C=O) groups is 1. The third-order valence-corrected chi connectivity index (χ3v) is 3.08. The van der Waals surface area contributed by atoms with Crippen molar-refractivity contribution in [3.05, 3.63) is 11.9 Å². The van der Waals surface area contributed by atoms with Crippen molar-refractivity contribution in [2.45, 2.75) is 38.8 Å². The van der Waals surface area contributed by atoms with E-state index in [9.17, 15) is 4.79 Å². The van der Waals surface area contributed by atoms with E-state index in [1.807, 2.05) is 13.2 Å². The Balaban J connectivity index is 2.13. The fourth-order valence-electron chi connectivity index (χ4n) is 2.08. The summed E-state index contributed by atoms with van der Waals surface area (Å²) in [5.74, 6) is 0.775. The van der Waals surface area contributed by atoms with Gasteiger partial charge in [0.1, 0.15) is 11.5 Å². The Hall–Kier alpha value is -1.23. The number of carbonyl (C=O) groups excluding carboxylic acids is 1. The maximum absolute atomic E-state index is 11.7. The van der Waals surface area contributed by atoms with Gasteiger partial charge in [-0.3, -0.25) is 9.48 Å². The minimum atomic E-state index is 0.0300. The summed E-state index contributed by atoms with van der Waals surface area (Å²) < 4.78 is 1.67. The molecule has 2 unspecified atom stereocenters. The van der Waals surface area contributed by atoms with E-state index in [2.05, 4.69) is 29.5 Å². The number of aromatic nitrogens is 3. The lowest BCUT2D eigenvalue weighted by molar-refractivity contribution is -0.122. The molecular formula is C11H18N4O. The Morgan fingerprint density at radius 2 is 2.25 bits per heavy atom. The first-order valence-corrected chi connectivity index (χ1v) is 5.70. The van der Waals surface area contributed by atoms with E-state index >= 15 is 0 Å². The summed E-state index contributed by atoms with van der Waals surface area (Å²) in [4.78, 5) is 11.7. The highest BCUT2D eigenvalue weighted by atomic mass is 16.1. The zero-order chi connectivity index (χ0) is 11.7. The monoisotopic (exact) mass is 222 g/mol. The number of rotatable bonds is 2. The van der Waals surface area contributed by atoms with Crippen LogP contribution in [0.3, 0.4) is 0 Å². The fourth-order valence-corrected chi connectivity index (χ4v) is 2.08. The van der Waals surface area contributed by atoms with E-state index in [4.69, 9.17) is 0 Å². The topological polar surface area (TPSA) is 59.8 Å². The number of nitrogens with zero attached hydrogens (tertiary/aromatic N) is 3. The van der Waals surface area contributed by atoms with Gasteiger partial charge in [-0.15, -0.1) is 5.10 Å². The molecule has 0 amide bonds. The molecule has 1 aromatic rings. The second-order valence-corrected chi connectivity index (χ2v) is 4.83. The number of piperidine rings is 1. The molecule has 0 bridgehead atoms. The van der Waals surface area contributed by atoms with Gasteiger partial charge in [0.2, 0.25) is 0 Å². The summed E-state index contributed by atoms with van der Waals surface area (Å²) in [6.45, 7) is 4.26. The summed E-state index contributed by atoms with van der Waals surface area (Å²) in [6, 6.07) is 0.288. The summed E-state index contributed by atoms with van der Waals surface area (Å²) in [7, 11) is 1.83. The molecular weight excluding hydrogens is 204 g/mol. The van der Waals surface area contributed by atoms with Crippen molar-refractivity contribution in [2.24, 2.45) is 13.0 Å². The fraction of sp³-hybridized carbons (Fsp3) is 0.727. The molecule has 1 aliphatic rings. The van der Waals surface area contributed by atoms with E-state index in [0.29, 0.717) is 24.5 Å². The zero-order valence-corrected chi connectivity index (χ0v) is 9.97. The van der Waals surface area contributed by atoms with Gasteiger partial charge in [0.05, 0.1) is 6.04 Å². The average Bonchev–Trinajstić information content (AvgIpc) is 2.64. The second-order valence-electron chi connectivity index (χ2n) is 4.83. The van der Waals surface area contributed by atoms with E-state index in [1.165, 1.54) is 0 Å². The molecule has 0 radical (unpaired) electrons. The Bertz CT molecular complexity index is 385. The van der Waals surface area contributed by atoms with Crippen molar-refractivity contribution in [3.8, 4) is 0 Å². The molecule has 16 heavy (non-hydrogen) atoms. The normalized spacial score (nSPS) is 26.4. The van der Waals surface area contributed by atoms with Crippen LogP contribution in [0.1, 0.15) is 38.4 Å². The smallest absolute Gasteiger partial charge is 0.136 e. The minimum absolute atomic E-state index is 0.0300. The highest BCUT2D eigenvalue weighted by Crippen LogP contribution is 2.24. The summed E-state index contributed by atoms with van der Waals surface area (Å²) in [6.07, 6.45) is 3.03. The lowest BCUT2D eigenvalue weighted by Crippen LogP contribution is -2.43. The minimum Gasteiger partial charge on any atom is -0.305 e. The Morgan fingerprint density at radius 3 is 2.81 bits per heavy atom. The first kappa shape index (κ1) is 11.3. The first-order chi connectivity index (χ1) is 7.56. The van der Waals surface area contributed by atoms with Gasteiger partial charge in [0.15, 0.2) is 0 Å². The third kappa shape index (κ3) is 2.29. The van der Waals surface area contributed by atoms with Crippen LogP contribution in [-0.4, -0.2) is 26.8 Å². The standard InChI is InChI=1S/C11H18N4O/c1-7(2)9-4-8(16)5-10(12-9)11-6-15(3)14-13-11/h6-7,9-10,12H,4-5H2,1-3H3. The van der Waals surface area contributed by atoms with E-state index in [-0.39, 0.29) is 12.1 Å². The predicted molar refractivity (Wildman–Crippen MR) is 59.7 cm³/mol. The number of hydrogen-bond acceptors (Lipinski definition) is 4. The second kappa shape index (κ2) is 4.33. The lowest BCUT2D eigenvalue weighted by Gasteiger charge is -2.31. The first-order valence-electron chi connectivity index (χ1n) is 5.70. The molecule has 0 spiro atoms. The van der Waals surface area contributed by atoms with Crippen LogP contribution in [-0.2, 0) is 11.8 Å². The zero-order valence-electron chi connectivity index (χ0n) is 9.97. The van der Waals surface area contributed by atoms with Gasteiger partial charge in [0, 0.05) is 32.1 Å². The van der Waals surface area contributed by atoms with Crippen LogP contribution in [0.5, 0.6) is 0 Å². The summed E-state index contributed by atoms with van der Waals surface area (Å²) in [5, 5.41) is 11.4. The number of ketones is 1. The number of nitrogens with one attached hydrogen (secondary N) is 1. The van der Waals surface area contributed by atoms with Gasteiger partial charge < -0.3 is 5.32 Å². The largest absolute Gasteiger partial charge is 0.305 e. The van der Waals surface area contributed by atoms with Crippen LogP contribution < -0.4 is 5.32 Å². The van der Waals surface area contributed by atoms with Crippen LogP contribution in [0.2, 0.25) is 0 Å². The highest BCUT2D eigenvalue weighted by Gasteiger charge is 2.30. The van der Waals surface area contributed by atoms with Crippen molar-refractivity contribution in [1.29, 1.82) is 0 Å². The molecule has 2 heterocycles. The van der Waals surface area contributed by atoms with E-state index < -0.39 is 0 Å². The number of hydrogen-bond donors (Lipinski definition) is 1. The molecule has 1 saturated heterocycles. The van der Waals surface area contributed by atoms with Crippen molar-refractivity contribution < 1.29 is 4.79 Å². The van der Waals surface area contributed by atoms with Crippen LogP contribution in [0.4, 0.5) is 0 Å². The van der Waals surface area contributed by atoms with E-state index in [0.717, 1.165) is 5.69 Å². The van der Waals surface area contributed by atoms with Crippen LogP contribution in [0.15, 0.2) is 6.20 Å². The van der Waals surface area contributed by atoms with E-state index in [1.54, 1.807) is 4.68 Å². The summed E-state index contributed by atoms with van der Waals surface area (Å²) >= 11 is 0. The van der Waals surface area contributed by atoms with Crippen molar-refractivity contribution in [3.63, 3.8) is 0 Å². The third-order valence-electron chi connectivity index (χ3n) is 3.08. The molecule has 0 saturated carbocycles. The van der Waals surface area contributed by atoms with Gasteiger partial charge in [-0.25, -0.2) is 0 Å². The SMILES string of the molecule is CC(C)C1CC(=O)CC(c2cn(C)nn2)N1. The molecule has 5 heteroatoms. The molecule has 1 aliphatic heterocycles. The lowest BCUT2D eigenvalue weighted by atomic mass is 9.89. The van der Waals surface area contributed by atoms with Crippen LogP contribution in [0.25, 0.3) is 0 Å². The molecule has 2 rings (SSSR count). The van der Waals surface area contributed by atoms with Crippen LogP contribution in [0, 0.1) is 5.92 Å². The maximum atomic E-state index is 11.7.